The van der Waals surface area contributed by atoms with Crippen LogP contribution in [0.4, 0.5) is 5.82 Å². The van der Waals surface area contributed by atoms with Gasteiger partial charge in [0.1, 0.15) is 12.4 Å². The molecule has 0 aliphatic carbocycles. The molecule has 0 spiro atoms. The van der Waals surface area contributed by atoms with Crippen LogP contribution in [-0.4, -0.2) is 58.4 Å². The summed E-state index contributed by atoms with van der Waals surface area (Å²) in [4.78, 5) is 21.5. The monoisotopic (exact) mass is 355 g/mol. The number of nitrogens with zero attached hydrogens (tertiary/aromatic N) is 5. The first kappa shape index (κ1) is 16.9. The molecule has 0 atom stereocenters. The van der Waals surface area contributed by atoms with Gasteiger partial charge in [-0.15, -0.1) is 0 Å². The normalized spacial score (nSPS) is 17.0. The first-order chi connectivity index (χ1) is 12.7. The number of fused-ring (bicyclic) bond motifs is 1. The number of rotatable bonds is 5. The summed E-state index contributed by atoms with van der Waals surface area (Å²) in [6.07, 6.45) is 3.98. The van der Waals surface area contributed by atoms with Gasteiger partial charge in [-0.2, -0.15) is 5.10 Å². The van der Waals surface area contributed by atoms with Crippen molar-refractivity contribution in [3.05, 3.63) is 36.2 Å². The summed E-state index contributed by atoms with van der Waals surface area (Å²) in [5.74, 6) is 2.27. The minimum atomic E-state index is 0.00477. The molecule has 2 aromatic heterocycles. The lowest BCUT2D eigenvalue weighted by Crippen LogP contribution is -2.41. The highest BCUT2D eigenvalue weighted by Crippen LogP contribution is 2.24. The summed E-state index contributed by atoms with van der Waals surface area (Å²) >= 11 is 0. The second kappa shape index (κ2) is 7.35. The molecule has 1 saturated heterocycles. The Morgan fingerprint density at radius 2 is 2.15 bits per heavy atom. The van der Waals surface area contributed by atoms with Crippen LogP contribution in [0.5, 0.6) is 5.88 Å². The molecule has 4 heterocycles. The van der Waals surface area contributed by atoms with Crippen molar-refractivity contribution in [1.29, 1.82) is 0 Å². The van der Waals surface area contributed by atoms with Crippen LogP contribution in [0.1, 0.15) is 30.3 Å². The van der Waals surface area contributed by atoms with Crippen molar-refractivity contribution in [2.75, 3.05) is 37.7 Å². The summed E-state index contributed by atoms with van der Waals surface area (Å²) in [6.45, 7) is 6.85. The SMILES string of the molecule is CCN(CC1CCN(c2ccccn2)CC1)C(=O)c1cc2n(n1)CCO2. The van der Waals surface area contributed by atoms with E-state index in [-0.39, 0.29) is 5.91 Å². The van der Waals surface area contributed by atoms with Crippen molar-refractivity contribution in [3.63, 3.8) is 0 Å². The topological polar surface area (TPSA) is 63.5 Å². The molecule has 0 unspecified atom stereocenters. The van der Waals surface area contributed by atoms with Crippen molar-refractivity contribution in [2.24, 2.45) is 5.92 Å². The zero-order valence-electron chi connectivity index (χ0n) is 15.2. The Morgan fingerprint density at radius 3 is 2.85 bits per heavy atom. The first-order valence-electron chi connectivity index (χ1n) is 9.40. The molecule has 1 amide bonds. The van der Waals surface area contributed by atoms with Gasteiger partial charge in [0.15, 0.2) is 5.69 Å². The number of carbonyl (C=O) groups is 1. The fourth-order valence-corrected chi connectivity index (χ4v) is 3.73. The van der Waals surface area contributed by atoms with E-state index in [1.807, 2.05) is 30.2 Å². The lowest BCUT2D eigenvalue weighted by Gasteiger charge is -2.35. The van der Waals surface area contributed by atoms with Crippen molar-refractivity contribution in [1.82, 2.24) is 19.7 Å². The summed E-state index contributed by atoms with van der Waals surface area (Å²) in [6, 6.07) is 7.79. The second-order valence-electron chi connectivity index (χ2n) is 6.90. The van der Waals surface area contributed by atoms with Crippen LogP contribution in [-0.2, 0) is 6.54 Å². The maximum absolute atomic E-state index is 12.8. The Hall–Kier alpha value is -2.57. The predicted molar refractivity (Wildman–Crippen MR) is 98.5 cm³/mol. The van der Waals surface area contributed by atoms with E-state index in [0.29, 0.717) is 30.6 Å². The molecule has 0 saturated carbocycles. The largest absolute Gasteiger partial charge is 0.476 e. The quantitative estimate of drug-likeness (QED) is 0.821. The molecule has 1 fully saturated rings. The average Bonchev–Trinajstić information content (AvgIpc) is 3.29. The van der Waals surface area contributed by atoms with Crippen LogP contribution in [0.15, 0.2) is 30.5 Å². The molecule has 4 rings (SSSR count). The molecule has 0 aromatic carbocycles. The number of hydrogen-bond donors (Lipinski definition) is 0. The van der Waals surface area contributed by atoms with E-state index in [2.05, 4.69) is 21.0 Å². The highest BCUT2D eigenvalue weighted by Gasteiger charge is 2.26. The molecular weight excluding hydrogens is 330 g/mol. The first-order valence-corrected chi connectivity index (χ1v) is 9.40. The fraction of sp³-hybridized carbons (Fsp3) is 0.526. The Balaban J connectivity index is 1.34. The van der Waals surface area contributed by atoms with Crippen molar-refractivity contribution in [2.45, 2.75) is 26.3 Å². The van der Waals surface area contributed by atoms with Crippen molar-refractivity contribution < 1.29 is 9.53 Å². The number of hydrogen-bond acceptors (Lipinski definition) is 5. The molecule has 0 N–H and O–H groups in total. The number of anilines is 1. The van der Waals surface area contributed by atoms with E-state index in [0.717, 1.165) is 44.8 Å². The molecule has 26 heavy (non-hydrogen) atoms. The van der Waals surface area contributed by atoms with Gasteiger partial charge in [-0.05, 0) is 37.8 Å². The smallest absolute Gasteiger partial charge is 0.274 e. The molecular formula is C19H25N5O2. The Morgan fingerprint density at radius 1 is 1.31 bits per heavy atom. The predicted octanol–water partition coefficient (Wildman–Crippen LogP) is 2.05. The van der Waals surface area contributed by atoms with Gasteiger partial charge in [0.05, 0.1) is 6.54 Å². The van der Waals surface area contributed by atoms with Gasteiger partial charge < -0.3 is 14.5 Å². The zero-order valence-corrected chi connectivity index (χ0v) is 15.2. The third kappa shape index (κ3) is 3.38. The number of piperidine rings is 1. The molecule has 138 valence electrons. The second-order valence-corrected chi connectivity index (χ2v) is 6.90. The van der Waals surface area contributed by atoms with Crippen molar-refractivity contribution in [3.8, 4) is 5.88 Å². The number of ether oxygens (including phenoxy) is 1. The van der Waals surface area contributed by atoms with Gasteiger partial charge in [-0.25, -0.2) is 9.67 Å². The van der Waals surface area contributed by atoms with Crippen LogP contribution in [0.2, 0.25) is 0 Å². The highest BCUT2D eigenvalue weighted by molar-refractivity contribution is 5.92. The van der Waals surface area contributed by atoms with E-state index in [1.54, 1.807) is 10.7 Å². The van der Waals surface area contributed by atoms with Gasteiger partial charge in [0.25, 0.3) is 5.91 Å². The lowest BCUT2D eigenvalue weighted by atomic mass is 9.96. The van der Waals surface area contributed by atoms with Crippen LogP contribution >= 0.6 is 0 Å². The molecule has 7 nitrogen and oxygen atoms in total. The zero-order chi connectivity index (χ0) is 17.9. The Labute approximate surface area is 153 Å². The standard InChI is InChI=1S/C19H25N5O2/c1-2-22(19(25)16-13-18-24(21-16)11-12-26-18)14-15-6-9-23(10-7-15)17-5-3-4-8-20-17/h3-5,8,13,15H,2,6-7,9-12,14H2,1H3. The van der Waals surface area contributed by atoms with Gasteiger partial charge >= 0.3 is 0 Å². The van der Waals surface area contributed by atoms with E-state index in [4.69, 9.17) is 4.74 Å². The number of amides is 1. The minimum absolute atomic E-state index is 0.00477. The highest BCUT2D eigenvalue weighted by atomic mass is 16.5. The van der Waals surface area contributed by atoms with Crippen molar-refractivity contribution >= 4 is 11.7 Å². The molecule has 2 aliphatic heterocycles. The van der Waals surface area contributed by atoms with Crippen LogP contribution < -0.4 is 9.64 Å². The number of pyridine rings is 1. The average molecular weight is 355 g/mol. The van der Waals surface area contributed by atoms with Crippen LogP contribution in [0, 0.1) is 5.92 Å². The summed E-state index contributed by atoms with van der Waals surface area (Å²) in [5.41, 5.74) is 0.493. The number of carbonyl (C=O) groups excluding carboxylic acids is 1. The molecule has 2 aromatic rings. The van der Waals surface area contributed by atoms with E-state index < -0.39 is 0 Å². The third-order valence-electron chi connectivity index (χ3n) is 5.25. The summed E-state index contributed by atoms with van der Waals surface area (Å²) < 4.78 is 7.23. The molecule has 7 heteroatoms. The summed E-state index contributed by atoms with van der Waals surface area (Å²) in [7, 11) is 0. The molecule has 0 radical (unpaired) electrons. The summed E-state index contributed by atoms with van der Waals surface area (Å²) in [5, 5.41) is 4.39. The third-order valence-corrected chi connectivity index (χ3v) is 5.25. The van der Waals surface area contributed by atoms with Crippen LogP contribution in [0.3, 0.4) is 0 Å². The lowest BCUT2D eigenvalue weighted by molar-refractivity contribution is 0.0722. The number of aromatic nitrogens is 3. The molecule has 2 aliphatic rings. The van der Waals surface area contributed by atoms with Crippen LogP contribution in [0.25, 0.3) is 0 Å². The Bertz CT molecular complexity index is 731. The van der Waals surface area contributed by atoms with Gasteiger partial charge in [-0.1, -0.05) is 6.07 Å². The Kier molecular flexibility index (Phi) is 4.77. The van der Waals surface area contributed by atoms with Gasteiger partial charge in [-0.3, -0.25) is 4.79 Å². The maximum Gasteiger partial charge on any atom is 0.274 e. The van der Waals surface area contributed by atoms with Gasteiger partial charge in [0, 0.05) is 38.4 Å². The van der Waals surface area contributed by atoms with E-state index in [1.165, 1.54) is 0 Å². The fourth-order valence-electron chi connectivity index (χ4n) is 3.73. The van der Waals surface area contributed by atoms with Gasteiger partial charge in [0.2, 0.25) is 5.88 Å². The van der Waals surface area contributed by atoms with E-state index >= 15 is 0 Å². The van der Waals surface area contributed by atoms with E-state index in [9.17, 15) is 4.79 Å². The minimum Gasteiger partial charge on any atom is -0.476 e. The maximum atomic E-state index is 12.8. The molecule has 0 bridgehead atoms.